The molecule has 0 aromatic heterocycles. The highest BCUT2D eigenvalue weighted by Crippen LogP contribution is 2.44. The highest BCUT2D eigenvalue weighted by atomic mass is 16.5. The second kappa shape index (κ2) is 10.5. The normalized spacial score (nSPS) is 21.9. The fraction of sp³-hybridized carbons (Fsp3) is 0.464. The van der Waals surface area contributed by atoms with Crippen molar-refractivity contribution >= 4 is 18.0 Å². The van der Waals surface area contributed by atoms with Crippen molar-refractivity contribution in [3.8, 4) is 11.1 Å². The van der Waals surface area contributed by atoms with Crippen molar-refractivity contribution in [2.24, 2.45) is 11.3 Å². The first-order valence-corrected chi connectivity index (χ1v) is 12.4. The van der Waals surface area contributed by atoms with E-state index in [1.165, 1.54) is 0 Å². The van der Waals surface area contributed by atoms with Crippen molar-refractivity contribution < 1.29 is 24.2 Å². The van der Waals surface area contributed by atoms with Crippen LogP contribution < -0.4 is 10.6 Å². The summed E-state index contributed by atoms with van der Waals surface area (Å²) in [5.74, 6) is -0.651. The molecule has 0 bridgehead atoms. The Kier molecular flexibility index (Phi) is 7.43. The van der Waals surface area contributed by atoms with Crippen LogP contribution in [0.2, 0.25) is 0 Å². The SMILES string of the molecule is CC1CCC(CNC(=O)CC(C)NC(=O)OCC2c3ccccc3-c3ccccc32)(C(=O)O)CC1. The minimum absolute atomic E-state index is 0.0304. The number of carboxylic acid groups (broad SMARTS) is 1. The van der Waals surface area contributed by atoms with Crippen molar-refractivity contribution in [2.75, 3.05) is 13.2 Å². The Balaban J connectivity index is 1.25. The first-order chi connectivity index (χ1) is 16.8. The van der Waals surface area contributed by atoms with Crippen molar-refractivity contribution in [1.29, 1.82) is 0 Å². The average Bonchev–Trinajstić information content (AvgIpc) is 3.16. The zero-order chi connectivity index (χ0) is 25.0. The number of alkyl carbamates (subject to hydrolysis) is 1. The molecule has 0 radical (unpaired) electrons. The van der Waals surface area contributed by atoms with Crippen molar-refractivity contribution in [2.45, 2.75) is 57.9 Å². The molecule has 7 nitrogen and oxygen atoms in total. The zero-order valence-electron chi connectivity index (χ0n) is 20.4. The molecular formula is C28H34N2O5. The smallest absolute Gasteiger partial charge is 0.407 e. The zero-order valence-corrected chi connectivity index (χ0v) is 20.4. The van der Waals surface area contributed by atoms with Crippen LogP contribution in [0.5, 0.6) is 0 Å². The van der Waals surface area contributed by atoms with Crippen LogP contribution in [0.25, 0.3) is 11.1 Å². The number of aliphatic carboxylic acids is 1. The van der Waals surface area contributed by atoms with Gasteiger partial charge in [0.05, 0.1) is 5.41 Å². The number of fused-ring (bicyclic) bond motifs is 3. The van der Waals surface area contributed by atoms with Crippen LogP contribution in [0.3, 0.4) is 0 Å². The molecule has 186 valence electrons. The molecular weight excluding hydrogens is 444 g/mol. The van der Waals surface area contributed by atoms with E-state index in [2.05, 4.69) is 41.8 Å². The number of carbonyl (C=O) groups excluding carboxylic acids is 2. The van der Waals surface area contributed by atoms with E-state index in [-0.39, 0.29) is 31.4 Å². The van der Waals surface area contributed by atoms with Crippen molar-refractivity contribution in [3.63, 3.8) is 0 Å². The molecule has 1 atom stereocenters. The summed E-state index contributed by atoms with van der Waals surface area (Å²) in [6, 6.07) is 15.8. The number of rotatable bonds is 8. The Morgan fingerprint density at radius 2 is 1.60 bits per heavy atom. The molecule has 2 aliphatic carbocycles. The van der Waals surface area contributed by atoms with E-state index in [0.717, 1.165) is 35.1 Å². The summed E-state index contributed by atoms with van der Waals surface area (Å²) in [6.45, 7) is 4.18. The summed E-state index contributed by atoms with van der Waals surface area (Å²) in [6.07, 6.45) is 2.31. The highest BCUT2D eigenvalue weighted by molar-refractivity contribution is 5.81. The van der Waals surface area contributed by atoms with Crippen molar-refractivity contribution in [1.82, 2.24) is 10.6 Å². The summed E-state index contributed by atoms with van der Waals surface area (Å²) in [4.78, 5) is 36.8. The van der Waals surface area contributed by atoms with Gasteiger partial charge in [-0.3, -0.25) is 9.59 Å². The fourth-order valence-corrected chi connectivity index (χ4v) is 5.29. The van der Waals surface area contributed by atoms with Gasteiger partial charge in [0.25, 0.3) is 0 Å². The molecule has 4 rings (SSSR count). The monoisotopic (exact) mass is 478 g/mol. The topological polar surface area (TPSA) is 105 Å². The summed E-state index contributed by atoms with van der Waals surface area (Å²) in [7, 11) is 0. The Bertz CT molecular complexity index is 1040. The third kappa shape index (κ3) is 5.50. The number of nitrogens with one attached hydrogen (secondary N) is 2. The maximum atomic E-state index is 12.5. The number of hydrogen-bond donors (Lipinski definition) is 3. The standard InChI is InChI=1S/C28H34N2O5/c1-18-11-13-28(14-12-18,26(32)33)17-29-25(31)15-19(2)30-27(34)35-16-24-22-9-5-3-7-20(22)21-8-4-6-10-23(21)24/h3-10,18-19,24H,11-17H2,1-2H3,(H,29,31)(H,30,34)(H,32,33). The van der Waals surface area contributed by atoms with Gasteiger partial charge >= 0.3 is 12.1 Å². The van der Waals surface area contributed by atoms with Crippen LogP contribution in [0, 0.1) is 11.3 Å². The lowest BCUT2D eigenvalue weighted by Gasteiger charge is -2.35. The molecule has 2 aromatic carbocycles. The predicted molar refractivity (Wildman–Crippen MR) is 133 cm³/mol. The van der Waals surface area contributed by atoms with Gasteiger partial charge in [0.1, 0.15) is 6.61 Å². The molecule has 0 spiro atoms. The maximum Gasteiger partial charge on any atom is 0.407 e. The van der Waals surface area contributed by atoms with Crippen molar-refractivity contribution in [3.05, 3.63) is 59.7 Å². The third-order valence-electron chi connectivity index (χ3n) is 7.51. The number of carbonyl (C=O) groups is 3. The van der Waals surface area contributed by atoms with Gasteiger partial charge in [-0.15, -0.1) is 0 Å². The molecule has 0 saturated heterocycles. The number of ether oxygens (including phenoxy) is 1. The van der Waals surface area contributed by atoms with E-state index in [0.29, 0.717) is 18.8 Å². The van der Waals surface area contributed by atoms with Gasteiger partial charge < -0.3 is 20.5 Å². The van der Waals surface area contributed by atoms with Crippen LogP contribution in [0.15, 0.2) is 48.5 Å². The fourth-order valence-electron chi connectivity index (χ4n) is 5.29. The van der Waals surface area contributed by atoms with Gasteiger partial charge in [-0.25, -0.2) is 4.79 Å². The average molecular weight is 479 g/mol. The first-order valence-electron chi connectivity index (χ1n) is 12.4. The van der Waals surface area contributed by atoms with Crippen LogP contribution in [0.4, 0.5) is 4.79 Å². The molecule has 3 N–H and O–H groups in total. The summed E-state index contributed by atoms with van der Waals surface area (Å²) >= 11 is 0. The molecule has 2 aromatic rings. The number of carboxylic acids is 1. The van der Waals surface area contributed by atoms with Crippen LogP contribution in [0.1, 0.15) is 63.0 Å². The molecule has 1 saturated carbocycles. The number of amides is 2. The van der Waals surface area contributed by atoms with Gasteiger partial charge in [-0.1, -0.05) is 55.5 Å². The van der Waals surface area contributed by atoms with Crippen LogP contribution in [-0.2, 0) is 14.3 Å². The van der Waals surface area contributed by atoms with E-state index in [1.54, 1.807) is 6.92 Å². The minimum atomic E-state index is -0.897. The Hall–Kier alpha value is -3.35. The lowest BCUT2D eigenvalue weighted by Crippen LogP contribution is -2.46. The molecule has 35 heavy (non-hydrogen) atoms. The van der Waals surface area contributed by atoms with Gasteiger partial charge in [0.2, 0.25) is 5.91 Å². The van der Waals surface area contributed by atoms with E-state index in [4.69, 9.17) is 4.74 Å². The molecule has 0 aliphatic heterocycles. The lowest BCUT2D eigenvalue weighted by molar-refractivity contribution is -0.151. The highest BCUT2D eigenvalue weighted by Gasteiger charge is 2.41. The van der Waals surface area contributed by atoms with E-state index < -0.39 is 23.5 Å². The van der Waals surface area contributed by atoms with Crippen LogP contribution >= 0.6 is 0 Å². The maximum absolute atomic E-state index is 12.5. The number of hydrogen-bond acceptors (Lipinski definition) is 4. The Morgan fingerprint density at radius 3 is 2.17 bits per heavy atom. The van der Waals surface area contributed by atoms with Gasteiger partial charge in [0, 0.05) is 24.9 Å². The second-order valence-corrected chi connectivity index (χ2v) is 10.1. The molecule has 7 heteroatoms. The van der Waals surface area contributed by atoms with E-state index >= 15 is 0 Å². The first kappa shape index (κ1) is 24.8. The predicted octanol–water partition coefficient (Wildman–Crippen LogP) is 4.70. The van der Waals surface area contributed by atoms with Gasteiger partial charge in [-0.05, 0) is 60.8 Å². The van der Waals surface area contributed by atoms with Gasteiger partial charge in [-0.2, -0.15) is 0 Å². The molecule has 1 fully saturated rings. The Morgan fingerprint density at radius 1 is 1.03 bits per heavy atom. The molecule has 1 unspecified atom stereocenters. The minimum Gasteiger partial charge on any atom is -0.481 e. The van der Waals surface area contributed by atoms with E-state index in [9.17, 15) is 19.5 Å². The van der Waals surface area contributed by atoms with Gasteiger partial charge in [0.15, 0.2) is 0 Å². The molecule has 2 aliphatic rings. The number of benzene rings is 2. The summed E-state index contributed by atoms with van der Waals surface area (Å²) in [5.41, 5.74) is 3.70. The summed E-state index contributed by atoms with van der Waals surface area (Å²) < 4.78 is 5.55. The molecule has 2 amide bonds. The molecule has 0 heterocycles. The quantitative estimate of drug-likeness (QED) is 0.510. The van der Waals surface area contributed by atoms with Crippen LogP contribution in [-0.4, -0.2) is 42.3 Å². The summed E-state index contributed by atoms with van der Waals surface area (Å²) in [5, 5.41) is 15.2. The lowest BCUT2D eigenvalue weighted by atomic mass is 9.71. The largest absolute Gasteiger partial charge is 0.481 e. The Labute approximate surface area is 206 Å². The third-order valence-corrected chi connectivity index (χ3v) is 7.51. The van der Waals surface area contributed by atoms with E-state index in [1.807, 2.05) is 24.3 Å². The second-order valence-electron chi connectivity index (χ2n) is 10.1.